The van der Waals surface area contributed by atoms with Crippen LogP contribution in [0.5, 0.6) is 5.75 Å². The fourth-order valence-electron chi connectivity index (χ4n) is 3.00. The van der Waals surface area contributed by atoms with Gasteiger partial charge in [0.15, 0.2) is 0 Å². The minimum Gasteiger partial charge on any atom is -0.532 e. The number of rotatable bonds is 8. The average molecular weight is 376 g/mol. The van der Waals surface area contributed by atoms with E-state index in [9.17, 15) is 9.90 Å². The van der Waals surface area contributed by atoms with Crippen molar-refractivity contribution in [1.29, 1.82) is 0 Å². The van der Waals surface area contributed by atoms with Gasteiger partial charge in [0.25, 0.3) is 0 Å². The van der Waals surface area contributed by atoms with Gasteiger partial charge in [-0.25, -0.2) is 4.79 Å². The second kappa shape index (κ2) is 9.19. The van der Waals surface area contributed by atoms with E-state index < -0.39 is 15.0 Å². The highest BCUT2D eigenvalue weighted by Crippen LogP contribution is 2.26. The molecule has 0 atom stereocenters. The highest BCUT2D eigenvalue weighted by atomic mass is 28.3. The van der Waals surface area contributed by atoms with Gasteiger partial charge in [0.2, 0.25) is 0 Å². The van der Waals surface area contributed by atoms with Crippen molar-refractivity contribution < 1.29 is 14.3 Å². The third kappa shape index (κ3) is 4.66. The molecule has 3 aromatic carbocycles. The molecule has 1 N–H and O–H groups in total. The lowest BCUT2D eigenvalue weighted by atomic mass is 10.0. The van der Waals surface area contributed by atoms with E-state index >= 15 is 0 Å². The normalized spacial score (nSPS) is 10.7. The van der Waals surface area contributed by atoms with Crippen molar-refractivity contribution >= 4 is 25.4 Å². The summed E-state index contributed by atoms with van der Waals surface area (Å²) in [5.74, 6) is -0.439. The number of unbranched alkanes of at least 4 members (excludes halogenated alkanes) is 1. The Kier molecular flexibility index (Phi) is 6.44. The molecule has 0 amide bonds. The van der Waals surface area contributed by atoms with Crippen molar-refractivity contribution in [2.75, 3.05) is 0 Å². The van der Waals surface area contributed by atoms with Gasteiger partial charge >= 0.3 is 15.0 Å². The van der Waals surface area contributed by atoms with Gasteiger partial charge < -0.3 is 9.53 Å². The first kappa shape index (κ1) is 18.9. The van der Waals surface area contributed by atoms with Crippen molar-refractivity contribution in [2.45, 2.75) is 26.2 Å². The molecule has 3 rings (SSSR count). The lowest BCUT2D eigenvalue weighted by Crippen LogP contribution is -2.47. The molecule has 1 radical (unpaired) electrons. The zero-order chi connectivity index (χ0) is 19.1. The van der Waals surface area contributed by atoms with E-state index in [0.29, 0.717) is 5.75 Å². The van der Waals surface area contributed by atoms with Crippen LogP contribution in [0.15, 0.2) is 78.9 Å². The Hall–Kier alpha value is -2.85. The Labute approximate surface area is 162 Å². The number of hydrogen-bond acceptors (Lipinski definition) is 2. The van der Waals surface area contributed by atoms with E-state index in [1.807, 2.05) is 42.5 Å². The summed E-state index contributed by atoms with van der Waals surface area (Å²) in [4.78, 5) is 11.8. The minimum absolute atomic E-state index is 0.234. The van der Waals surface area contributed by atoms with Crippen molar-refractivity contribution in [3.8, 4) is 5.75 Å². The summed E-state index contributed by atoms with van der Waals surface area (Å²) in [6, 6.07) is 25.5. The van der Waals surface area contributed by atoms with Crippen LogP contribution in [0, 0.1) is 0 Å². The number of aryl methyl sites for hydroxylation is 1. The molecule has 0 bridgehead atoms. The fraction of sp³-hybridized carbons (Fsp3) is 0.174. The lowest BCUT2D eigenvalue weighted by molar-refractivity contribution is 0.0694. The maximum absolute atomic E-state index is 11.8. The quantitative estimate of drug-likeness (QED) is 0.607. The van der Waals surface area contributed by atoms with Gasteiger partial charge in [-0.1, -0.05) is 86.1 Å². The zero-order valence-electron chi connectivity index (χ0n) is 15.4. The molecule has 4 heteroatoms. The molecular weight excluding hydrogens is 352 g/mol. The first-order chi connectivity index (χ1) is 13.2. The highest BCUT2D eigenvalue weighted by molar-refractivity contribution is 6.80. The summed E-state index contributed by atoms with van der Waals surface area (Å²) in [6.07, 6.45) is 2.86. The van der Waals surface area contributed by atoms with Crippen LogP contribution in [-0.4, -0.2) is 20.1 Å². The summed E-state index contributed by atoms with van der Waals surface area (Å²) in [5, 5.41) is 11.9. The molecule has 0 fully saturated rings. The third-order valence-electron chi connectivity index (χ3n) is 4.40. The van der Waals surface area contributed by atoms with Gasteiger partial charge in [-0.05, 0) is 34.8 Å². The number of carbonyl (C=O) groups is 1. The van der Waals surface area contributed by atoms with Crippen molar-refractivity contribution in [3.63, 3.8) is 0 Å². The number of carboxylic acids is 1. The van der Waals surface area contributed by atoms with Crippen LogP contribution in [0.4, 0.5) is 0 Å². The second-order valence-corrected chi connectivity index (χ2v) is 8.38. The summed E-state index contributed by atoms with van der Waals surface area (Å²) in [6.45, 7) is 2.13. The molecule has 137 valence electrons. The van der Waals surface area contributed by atoms with Gasteiger partial charge in [0.1, 0.15) is 11.3 Å². The van der Waals surface area contributed by atoms with Crippen molar-refractivity contribution in [3.05, 3.63) is 90.0 Å². The summed E-state index contributed by atoms with van der Waals surface area (Å²) < 4.78 is 6.53. The monoisotopic (exact) mass is 375 g/mol. The largest absolute Gasteiger partial charge is 0.532 e. The number of carboxylic acid groups (broad SMARTS) is 1. The van der Waals surface area contributed by atoms with Crippen molar-refractivity contribution in [2.24, 2.45) is 0 Å². The molecule has 0 saturated heterocycles. The van der Waals surface area contributed by atoms with E-state index in [2.05, 4.69) is 31.2 Å². The Morgan fingerprint density at radius 1 is 0.889 bits per heavy atom. The third-order valence-corrected chi connectivity index (χ3v) is 6.53. The van der Waals surface area contributed by atoms with E-state index in [4.69, 9.17) is 4.43 Å². The number of hydrogen-bond donors (Lipinski definition) is 1. The maximum Gasteiger partial charge on any atom is 0.352 e. The van der Waals surface area contributed by atoms with E-state index in [1.54, 1.807) is 12.1 Å². The van der Waals surface area contributed by atoms with Crippen LogP contribution in [0.25, 0.3) is 0 Å². The van der Waals surface area contributed by atoms with Crippen LogP contribution in [0.3, 0.4) is 0 Å². The van der Waals surface area contributed by atoms with E-state index in [1.165, 1.54) is 0 Å². The highest BCUT2D eigenvalue weighted by Gasteiger charge is 2.25. The topological polar surface area (TPSA) is 46.5 Å². The molecule has 0 spiro atoms. The molecule has 3 nitrogen and oxygen atoms in total. The van der Waals surface area contributed by atoms with E-state index in [-0.39, 0.29) is 5.56 Å². The molecule has 0 aliphatic rings. The summed E-state index contributed by atoms with van der Waals surface area (Å²) in [7, 11) is -1.62. The second-order valence-electron chi connectivity index (χ2n) is 6.37. The van der Waals surface area contributed by atoms with Crippen LogP contribution in [0.1, 0.15) is 35.7 Å². The lowest BCUT2D eigenvalue weighted by Gasteiger charge is -2.21. The molecule has 0 heterocycles. The SMILES string of the molecule is CCCCc1cccc(C(=O)O)c1O[Si](c1ccccc1)c1ccccc1. The van der Waals surface area contributed by atoms with Crippen LogP contribution in [-0.2, 0) is 6.42 Å². The average Bonchev–Trinajstić information content (AvgIpc) is 2.72. The number of aromatic carboxylic acids is 1. The molecule has 0 aliphatic carbocycles. The Morgan fingerprint density at radius 2 is 1.48 bits per heavy atom. The molecular formula is C23H23O3Si. The predicted molar refractivity (Wildman–Crippen MR) is 111 cm³/mol. The van der Waals surface area contributed by atoms with Crippen LogP contribution in [0.2, 0.25) is 0 Å². The first-order valence-electron chi connectivity index (χ1n) is 9.21. The molecule has 0 aliphatic heterocycles. The smallest absolute Gasteiger partial charge is 0.352 e. The maximum atomic E-state index is 11.8. The number of benzene rings is 3. The summed E-state index contributed by atoms with van der Waals surface area (Å²) in [5.41, 5.74) is 1.20. The number of para-hydroxylation sites is 1. The van der Waals surface area contributed by atoms with Crippen LogP contribution < -0.4 is 14.8 Å². The van der Waals surface area contributed by atoms with Crippen LogP contribution >= 0.6 is 0 Å². The predicted octanol–water partition coefficient (Wildman–Crippen LogP) is 3.91. The molecule has 27 heavy (non-hydrogen) atoms. The fourth-order valence-corrected chi connectivity index (χ4v) is 5.01. The molecule has 0 unspecified atom stereocenters. The minimum atomic E-state index is -1.62. The standard InChI is InChI=1S/C23H23O3Si/c1-2-3-11-18-12-10-17-21(23(24)25)22(18)26-27(19-13-6-4-7-14-19)20-15-8-5-9-16-20/h4-10,12-17H,2-3,11H2,1H3,(H,24,25). The Morgan fingerprint density at radius 3 is 2.00 bits per heavy atom. The molecule has 0 saturated carbocycles. The van der Waals surface area contributed by atoms with Gasteiger partial charge in [-0.15, -0.1) is 0 Å². The first-order valence-corrected chi connectivity index (χ1v) is 10.6. The van der Waals surface area contributed by atoms with Crippen molar-refractivity contribution in [1.82, 2.24) is 0 Å². The van der Waals surface area contributed by atoms with Gasteiger partial charge in [-0.3, -0.25) is 0 Å². The Bertz CT molecular complexity index is 839. The molecule has 3 aromatic rings. The van der Waals surface area contributed by atoms with Gasteiger partial charge in [0, 0.05) is 0 Å². The van der Waals surface area contributed by atoms with E-state index in [0.717, 1.165) is 35.2 Å². The van der Waals surface area contributed by atoms with Gasteiger partial charge in [0.05, 0.1) is 0 Å². The molecule has 0 aromatic heterocycles. The summed E-state index contributed by atoms with van der Waals surface area (Å²) >= 11 is 0. The zero-order valence-corrected chi connectivity index (χ0v) is 16.4. The van der Waals surface area contributed by atoms with Gasteiger partial charge in [-0.2, -0.15) is 0 Å². The Balaban J connectivity index is 2.07.